The second kappa shape index (κ2) is 9.18. The first-order chi connectivity index (χ1) is 15.0. The molecular weight excluding hydrogens is 462 g/mol. The summed E-state index contributed by atoms with van der Waals surface area (Å²) in [6, 6.07) is 15.6. The fourth-order valence-corrected chi connectivity index (χ4v) is 3.67. The van der Waals surface area contributed by atoms with Gasteiger partial charge in [-0.15, -0.1) is 0 Å². The van der Waals surface area contributed by atoms with Crippen molar-refractivity contribution >= 4 is 32.7 Å². The van der Waals surface area contributed by atoms with Crippen molar-refractivity contribution < 1.29 is 14.3 Å². The summed E-state index contributed by atoms with van der Waals surface area (Å²) in [7, 11) is 0. The molecule has 0 aliphatic heterocycles. The van der Waals surface area contributed by atoms with Gasteiger partial charge in [0.2, 0.25) is 5.91 Å². The van der Waals surface area contributed by atoms with Crippen molar-refractivity contribution in [3.8, 4) is 5.75 Å². The van der Waals surface area contributed by atoms with Gasteiger partial charge < -0.3 is 14.4 Å². The molecular formula is C23H20BrN3O4. The number of fused-ring (bicyclic) bond motifs is 1. The average Bonchev–Trinajstić information content (AvgIpc) is 3.28. The van der Waals surface area contributed by atoms with Gasteiger partial charge in [0.15, 0.2) is 0 Å². The minimum atomic E-state index is -0.185. The van der Waals surface area contributed by atoms with Crippen LogP contribution in [0.2, 0.25) is 0 Å². The molecule has 1 amide bonds. The Morgan fingerprint density at radius 3 is 2.68 bits per heavy atom. The van der Waals surface area contributed by atoms with Gasteiger partial charge in [-0.3, -0.25) is 14.2 Å². The van der Waals surface area contributed by atoms with E-state index in [1.807, 2.05) is 12.1 Å². The van der Waals surface area contributed by atoms with Gasteiger partial charge in [0.25, 0.3) is 5.56 Å². The first kappa shape index (κ1) is 20.9. The largest absolute Gasteiger partial charge is 0.508 e. The van der Waals surface area contributed by atoms with Crippen LogP contribution in [0.5, 0.6) is 5.75 Å². The van der Waals surface area contributed by atoms with Crippen LogP contribution in [0.15, 0.2) is 80.9 Å². The van der Waals surface area contributed by atoms with Crippen molar-refractivity contribution in [1.82, 2.24) is 14.5 Å². The smallest absolute Gasteiger partial charge is 0.261 e. The van der Waals surface area contributed by atoms with Crippen LogP contribution in [0.4, 0.5) is 0 Å². The Hall–Kier alpha value is -3.39. The lowest BCUT2D eigenvalue weighted by molar-refractivity contribution is -0.133. The van der Waals surface area contributed by atoms with E-state index >= 15 is 0 Å². The van der Waals surface area contributed by atoms with Gasteiger partial charge in [-0.1, -0.05) is 28.1 Å². The zero-order valence-corrected chi connectivity index (χ0v) is 18.2. The van der Waals surface area contributed by atoms with Crippen LogP contribution in [0.25, 0.3) is 10.9 Å². The molecule has 0 fully saturated rings. The third-order valence-corrected chi connectivity index (χ3v) is 5.44. The van der Waals surface area contributed by atoms with Crippen LogP contribution < -0.4 is 5.56 Å². The molecule has 2 aromatic heterocycles. The normalized spacial score (nSPS) is 11.0. The topological polar surface area (TPSA) is 88.6 Å². The highest BCUT2D eigenvalue weighted by atomic mass is 79.9. The number of aromatic hydroxyl groups is 1. The number of rotatable bonds is 7. The highest BCUT2D eigenvalue weighted by Gasteiger charge is 2.17. The molecule has 4 aromatic rings. The fraction of sp³-hybridized carbons (Fsp3) is 0.174. The zero-order chi connectivity index (χ0) is 21.8. The first-order valence-electron chi connectivity index (χ1n) is 9.72. The molecule has 0 unspecified atom stereocenters. The SMILES string of the molecule is O=C(CCn1cnc2ccc(Br)cc2c1=O)N(Cc1ccc(O)cc1)Cc1ccco1. The highest BCUT2D eigenvalue weighted by molar-refractivity contribution is 9.10. The third kappa shape index (κ3) is 5.03. The van der Waals surface area contributed by atoms with Gasteiger partial charge in [-0.2, -0.15) is 0 Å². The predicted molar refractivity (Wildman–Crippen MR) is 119 cm³/mol. The minimum absolute atomic E-state index is 0.120. The van der Waals surface area contributed by atoms with Crippen LogP contribution in [-0.4, -0.2) is 25.5 Å². The number of carbonyl (C=O) groups excluding carboxylic acids is 1. The summed E-state index contributed by atoms with van der Waals surface area (Å²) in [4.78, 5) is 31.8. The first-order valence-corrected chi connectivity index (χ1v) is 10.5. The van der Waals surface area contributed by atoms with E-state index in [9.17, 15) is 14.7 Å². The number of phenolic OH excluding ortho intramolecular Hbond substituents is 1. The summed E-state index contributed by atoms with van der Waals surface area (Å²) in [5, 5.41) is 10.0. The number of phenols is 1. The number of amides is 1. The molecule has 0 spiro atoms. The van der Waals surface area contributed by atoms with Crippen molar-refractivity contribution in [2.45, 2.75) is 26.1 Å². The van der Waals surface area contributed by atoms with Crippen molar-refractivity contribution in [1.29, 1.82) is 0 Å². The molecule has 4 rings (SSSR count). The Bertz CT molecular complexity index is 1250. The summed E-state index contributed by atoms with van der Waals surface area (Å²) < 4.78 is 7.66. The molecule has 0 aliphatic rings. The van der Waals surface area contributed by atoms with Crippen molar-refractivity contribution in [2.24, 2.45) is 0 Å². The summed E-state index contributed by atoms with van der Waals surface area (Å²) in [6.07, 6.45) is 3.18. The van der Waals surface area contributed by atoms with Crippen LogP contribution in [-0.2, 0) is 24.4 Å². The lowest BCUT2D eigenvalue weighted by Crippen LogP contribution is -2.32. The van der Waals surface area contributed by atoms with Gasteiger partial charge in [-0.25, -0.2) is 4.98 Å². The van der Waals surface area contributed by atoms with E-state index in [2.05, 4.69) is 20.9 Å². The summed E-state index contributed by atoms with van der Waals surface area (Å²) >= 11 is 3.38. The number of hydrogen-bond donors (Lipinski definition) is 1. The van der Waals surface area contributed by atoms with Gasteiger partial charge in [0.05, 0.1) is 30.0 Å². The number of nitrogens with zero attached hydrogens (tertiary/aromatic N) is 3. The van der Waals surface area contributed by atoms with Gasteiger partial charge >= 0.3 is 0 Å². The third-order valence-electron chi connectivity index (χ3n) is 4.94. The van der Waals surface area contributed by atoms with Crippen molar-refractivity contribution in [2.75, 3.05) is 0 Å². The van der Waals surface area contributed by atoms with E-state index in [1.54, 1.807) is 53.6 Å². The second-order valence-electron chi connectivity index (χ2n) is 7.15. The lowest BCUT2D eigenvalue weighted by atomic mass is 10.2. The quantitative estimate of drug-likeness (QED) is 0.429. The van der Waals surface area contributed by atoms with E-state index in [0.717, 1.165) is 10.0 Å². The molecule has 7 nitrogen and oxygen atoms in total. The Balaban J connectivity index is 1.51. The zero-order valence-electron chi connectivity index (χ0n) is 16.6. The van der Waals surface area contributed by atoms with Gasteiger partial charge in [0, 0.05) is 24.0 Å². The number of aromatic nitrogens is 2. The van der Waals surface area contributed by atoms with Crippen LogP contribution in [0.1, 0.15) is 17.7 Å². The fourth-order valence-electron chi connectivity index (χ4n) is 3.31. The minimum Gasteiger partial charge on any atom is -0.508 e. The van der Waals surface area contributed by atoms with Crippen LogP contribution >= 0.6 is 15.9 Å². The molecule has 2 heterocycles. The number of hydrogen-bond acceptors (Lipinski definition) is 5. The van der Waals surface area contributed by atoms with E-state index < -0.39 is 0 Å². The summed E-state index contributed by atoms with van der Waals surface area (Å²) in [6.45, 7) is 0.888. The Labute approximate surface area is 186 Å². The number of aryl methyl sites for hydroxylation is 1. The van der Waals surface area contributed by atoms with Crippen molar-refractivity contribution in [3.05, 3.63) is 93.3 Å². The number of halogens is 1. The highest BCUT2D eigenvalue weighted by Crippen LogP contribution is 2.17. The van der Waals surface area contributed by atoms with Crippen LogP contribution in [0, 0.1) is 0 Å². The maximum absolute atomic E-state index is 13.0. The average molecular weight is 482 g/mol. The predicted octanol–water partition coefficient (Wildman–Crippen LogP) is 4.08. The van der Waals surface area contributed by atoms with E-state index in [4.69, 9.17) is 4.42 Å². The number of carbonyl (C=O) groups is 1. The molecule has 158 valence electrons. The Morgan fingerprint density at radius 2 is 1.94 bits per heavy atom. The van der Waals surface area contributed by atoms with Gasteiger partial charge in [-0.05, 0) is 48.0 Å². The van der Waals surface area contributed by atoms with Gasteiger partial charge in [0.1, 0.15) is 11.5 Å². The standard InChI is InChI=1S/C23H20BrN3O4/c24-17-5-8-21-20(12-17)23(30)26(15-25-21)10-9-22(29)27(14-19-2-1-11-31-19)13-16-3-6-18(28)7-4-16/h1-8,11-12,15,28H,9-10,13-14H2. The Morgan fingerprint density at radius 1 is 1.13 bits per heavy atom. The molecule has 0 radical (unpaired) electrons. The molecule has 0 aliphatic carbocycles. The number of furan rings is 1. The van der Waals surface area contributed by atoms with E-state index in [0.29, 0.717) is 29.8 Å². The molecule has 0 atom stereocenters. The molecule has 0 bridgehead atoms. The molecule has 2 aromatic carbocycles. The second-order valence-corrected chi connectivity index (χ2v) is 8.07. The Kier molecular flexibility index (Phi) is 6.18. The summed E-state index contributed by atoms with van der Waals surface area (Å²) in [5.41, 5.74) is 1.31. The lowest BCUT2D eigenvalue weighted by Gasteiger charge is -2.22. The maximum Gasteiger partial charge on any atom is 0.261 e. The van der Waals surface area contributed by atoms with Crippen molar-refractivity contribution in [3.63, 3.8) is 0 Å². The maximum atomic E-state index is 13.0. The van der Waals surface area contributed by atoms with Crippen LogP contribution in [0.3, 0.4) is 0 Å². The number of benzene rings is 2. The monoisotopic (exact) mass is 481 g/mol. The molecule has 31 heavy (non-hydrogen) atoms. The molecule has 8 heteroatoms. The van der Waals surface area contributed by atoms with E-state index in [1.165, 1.54) is 10.9 Å². The summed E-state index contributed by atoms with van der Waals surface area (Å²) in [5.74, 6) is 0.717. The molecule has 0 saturated heterocycles. The molecule has 0 saturated carbocycles. The molecule has 1 N–H and O–H groups in total. The van der Waals surface area contributed by atoms with E-state index in [-0.39, 0.29) is 30.2 Å².